The Morgan fingerprint density at radius 3 is 2.28 bits per heavy atom. The fraction of sp³-hybridized carbons (Fsp3) is 0.391. The molecule has 0 unspecified atom stereocenters. The van der Waals surface area contributed by atoms with Gasteiger partial charge in [-0.25, -0.2) is 9.98 Å². The number of pyridine rings is 1. The average Bonchev–Trinajstić information content (AvgIpc) is 2.74. The maximum atomic E-state index is 10.2. The van der Waals surface area contributed by atoms with Gasteiger partial charge in [0.05, 0.1) is 11.3 Å². The molecule has 1 aromatic heterocycles. The fourth-order valence-corrected chi connectivity index (χ4v) is 3.32. The molecule has 0 bridgehead atoms. The van der Waals surface area contributed by atoms with Gasteiger partial charge in [-0.05, 0) is 68.5 Å². The van der Waals surface area contributed by atoms with Crippen LogP contribution in [0, 0.1) is 6.92 Å². The van der Waals surface area contributed by atoms with Gasteiger partial charge in [0.25, 0.3) is 0 Å². The van der Waals surface area contributed by atoms with Crippen LogP contribution in [0.5, 0.6) is 5.75 Å². The summed E-state index contributed by atoms with van der Waals surface area (Å²) in [5, 5.41) is 10.2. The van der Waals surface area contributed by atoms with Crippen molar-refractivity contribution in [3.63, 3.8) is 0 Å². The van der Waals surface area contributed by atoms with E-state index in [9.17, 15) is 5.11 Å². The number of hydrogen-bond donors (Lipinski definition) is 2. The zero-order chi connectivity index (χ0) is 21.6. The molecule has 2 rings (SSSR count). The highest BCUT2D eigenvalue weighted by molar-refractivity contribution is 5.97. The van der Waals surface area contributed by atoms with Crippen LogP contribution in [-0.4, -0.2) is 29.1 Å². The van der Waals surface area contributed by atoms with Crippen molar-refractivity contribution in [2.24, 2.45) is 10.9 Å². The molecule has 0 radical (unpaired) electrons. The van der Waals surface area contributed by atoms with Crippen LogP contribution in [-0.2, 0) is 17.7 Å². The molecule has 6 nitrogen and oxygen atoms in total. The molecule has 0 saturated heterocycles. The van der Waals surface area contributed by atoms with Crippen molar-refractivity contribution in [2.75, 3.05) is 18.0 Å². The number of aryl methyl sites for hydroxylation is 3. The van der Waals surface area contributed by atoms with Gasteiger partial charge in [0.2, 0.25) is 5.90 Å². The summed E-state index contributed by atoms with van der Waals surface area (Å²) in [5.41, 5.74) is 4.77. The Hall–Kier alpha value is -2.86. The third-order valence-electron chi connectivity index (χ3n) is 5.08. The van der Waals surface area contributed by atoms with Gasteiger partial charge in [0.15, 0.2) is 0 Å². The maximum absolute atomic E-state index is 10.2. The summed E-state index contributed by atoms with van der Waals surface area (Å²) in [6.45, 7) is 16.0. The summed E-state index contributed by atoms with van der Waals surface area (Å²) in [4.78, 5) is 16.4. The number of phenols is 1. The molecule has 3 N–H and O–H groups in total. The predicted octanol–water partition coefficient (Wildman–Crippen LogP) is 4.37. The summed E-state index contributed by atoms with van der Waals surface area (Å²) < 4.78 is 0. The number of benzene rings is 1. The molecule has 0 fully saturated rings. The number of nitrogens with zero attached hydrogens (tertiary/aromatic N) is 3. The molecular weight excluding hydrogens is 364 g/mol. The van der Waals surface area contributed by atoms with Gasteiger partial charge in [-0.2, -0.15) is 5.90 Å². The summed E-state index contributed by atoms with van der Waals surface area (Å²) in [7, 11) is 0. The van der Waals surface area contributed by atoms with Gasteiger partial charge in [-0.3, -0.25) is 0 Å². The van der Waals surface area contributed by atoms with Crippen molar-refractivity contribution in [3.8, 4) is 5.75 Å². The van der Waals surface area contributed by atoms with E-state index in [1.165, 1.54) is 0 Å². The molecule has 0 aliphatic heterocycles. The van der Waals surface area contributed by atoms with Crippen molar-refractivity contribution in [2.45, 2.75) is 47.5 Å². The molecule has 156 valence electrons. The number of aromatic hydroxyl groups is 1. The number of nitrogens with two attached hydrogens (primary N) is 1. The fourth-order valence-electron chi connectivity index (χ4n) is 3.32. The second-order valence-electron chi connectivity index (χ2n) is 6.87. The monoisotopic (exact) mass is 396 g/mol. The van der Waals surface area contributed by atoms with Gasteiger partial charge in [0, 0.05) is 24.8 Å². The highest BCUT2D eigenvalue weighted by Crippen LogP contribution is 2.28. The first kappa shape index (κ1) is 22.4. The second-order valence-corrected chi connectivity index (χ2v) is 6.87. The van der Waals surface area contributed by atoms with Crippen LogP contribution in [0.2, 0.25) is 0 Å². The van der Waals surface area contributed by atoms with E-state index in [1.807, 2.05) is 32.0 Å². The lowest BCUT2D eigenvalue weighted by Gasteiger charge is -2.23. The smallest absolute Gasteiger partial charge is 0.246 e. The summed E-state index contributed by atoms with van der Waals surface area (Å²) >= 11 is 0. The molecule has 0 atom stereocenters. The predicted molar refractivity (Wildman–Crippen MR) is 120 cm³/mol. The lowest BCUT2D eigenvalue weighted by molar-refractivity contribution is 0.322. The highest BCUT2D eigenvalue weighted by Gasteiger charge is 2.15. The van der Waals surface area contributed by atoms with Gasteiger partial charge < -0.3 is 14.8 Å². The van der Waals surface area contributed by atoms with E-state index in [-0.39, 0.29) is 5.90 Å². The summed E-state index contributed by atoms with van der Waals surface area (Å²) in [5.74, 6) is 7.07. The van der Waals surface area contributed by atoms with Crippen LogP contribution in [0.4, 0.5) is 5.82 Å². The van der Waals surface area contributed by atoms with Crippen molar-refractivity contribution < 1.29 is 9.94 Å². The number of aromatic nitrogens is 1. The Balaban J connectivity index is 2.44. The first-order valence-electron chi connectivity index (χ1n) is 10.1. The molecule has 0 aliphatic rings. The first-order chi connectivity index (χ1) is 13.9. The van der Waals surface area contributed by atoms with Crippen LogP contribution in [0.25, 0.3) is 5.70 Å². The molecule has 2 aromatic rings. The number of aliphatic imine (C=N–C) groups is 1. The topological polar surface area (TPSA) is 84.0 Å². The van der Waals surface area contributed by atoms with E-state index < -0.39 is 0 Å². The summed E-state index contributed by atoms with van der Waals surface area (Å²) in [6, 6.07) is 5.76. The molecule has 6 heteroatoms. The Labute approximate surface area is 173 Å². The Bertz CT molecular complexity index is 902. The third kappa shape index (κ3) is 4.95. The van der Waals surface area contributed by atoms with Crippen molar-refractivity contribution in [3.05, 3.63) is 58.8 Å². The first-order valence-corrected chi connectivity index (χ1v) is 10.1. The van der Waals surface area contributed by atoms with E-state index in [1.54, 1.807) is 6.20 Å². The summed E-state index contributed by atoms with van der Waals surface area (Å²) in [6.07, 6.45) is 3.28. The molecular formula is C23H32N4O2. The lowest BCUT2D eigenvalue weighted by Crippen LogP contribution is -2.25. The normalized spacial score (nSPS) is 11.4. The highest BCUT2D eigenvalue weighted by atomic mass is 16.6. The van der Waals surface area contributed by atoms with Gasteiger partial charge in [0.1, 0.15) is 11.6 Å². The minimum atomic E-state index is 0.257. The van der Waals surface area contributed by atoms with E-state index in [0.717, 1.165) is 47.6 Å². The van der Waals surface area contributed by atoms with Gasteiger partial charge in [-0.15, -0.1) is 0 Å². The van der Waals surface area contributed by atoms with E-state index in [2.05, 4.69) is 42.2 Å². The van der Waals surface area contributed by atoms with E-state index in [4.69, 9.17) is 10.7 Å². The molecule has 0 amide bonds. The zero-order valence-electron chi connectivity index (χ0n) is 18.1. The minimum Gasteiger partial charge on any atom is -0.507 e. The van der Waals surface area contributed by atoms with Crippen LogP contribution < -0.4 is 10.8 Å². The SMILES string of the molecule is C=C(N=C(ON)c1cnc(N(CC)CC)c(CC)c1)c1cc(C)c(O)c(CC)c1. The molecule has 0 saturated carbocycles. The van der Waals surface area contributed by atoms with Crippen molar-refractivity contribution in [1.82, 2.24) is 4.98 Å². The van der Waals surface area contributed by atoms with Crippen molar-refractivity contribution >= 4 is 17.4 Å². The van der Waals surface area contributed by atoms with Crippen LogP contribution in [0.3, 0.4) is 0 Å². The number of anilines is 1. The van der Waals surface area contributed by atoms with Crippen LogP contribution in [0.15, 0.2) is 36.0 Å². The molecule has 0 aliphatic carbocycles. The number of rotatable bonds is 8. The maximum Gasteiger partial charge on any atom is 0.246 e. The number of phenolic OH excluding ortho intramolecular Hbond substituents is 1. The van der Waals surface area contributed by atoms with Gasteiger partial charge >= 0.3 is 0 Å². The molecule has 0 spiro atoms. The number of hydrogen-bond acceptors (Lipinski definition) is 6. The van der Waals surface area contributed by atoms with Crippen LogP contribution >= 0.6 is 0 Å². The standard InChI is InChI=1S/C23H32N4O2/c1-7-17-12-19(11-15(5)21(17)28)16(6)26-23(29-24)20-13-18(8-2)22(25-14-20)27(9-3)10-4/h11-14,28H,6-10,24H2,1-5H3. The van der Waals surface area contributed by atoms with Crippen molar-refractivity contribution in [1.29, 1.82) is 0 Å². The van der Waals surface area contributed by atoms with E-state index >= 15 is 0 Å². The average molecular weight is 397 g/mol. The third-order valence-corrected chi connectivity index (χ3v) is 5.08. The van der Waals surface area contributed by atoms with Gasteiger partial charge in [-0.1, -0.05) is 20.4 Å². The lowest BCUT2D eigenvalue weighted by atomic mass is 10.0. The Kier molecular flexibility index (Phi) is 7.79. The Morgan fingerprint density at radius 1 is 1.10 bits per heavy atom. The quantitative estimate of drug-likeness (QED) is 0.393. The molecule has 29 heavy (non-hydrogen) atoms. The molecule has 1 aromatic carbocycles. The minimum absolute atomic E-state index is 0.257. The van der Waals surface area contributed by atoms with E-state index in [0.29, 0.717) is 23.4 Å². The second kappa shape index (κ2) is 10.1. The molecule has 1 heterocycles. The Morgan fingerprint density at radius 2 is 1.72 bits per heavy atom. The zero-order valence-corrected chi connectivity index (χ0v) is 18.1. The largest absolute Gasteiger partial charge is 0.507 e. The van der Waals surface area contributed by atoms with Crippen LogP contribution in [0.1, 0.15) is 55.5 Å².